The van der Waals surface area contributed by atoms with E-state index in [1.807, 2.05) is 13.1 Å². The van der Waals surface area contributed by atoms with Crippen molar-refractivity contribution in [3.8, 4) is 0 Å². The van der Waals surface area contributed by atoms with Crippen molar-refractivity contribution in [2.24, 2.45) is 5.41 Å². The van der Waals surface area contributed by atoms with E-state index in [4.69, 9.17) is 23.2 Å². The van der Waals surface area contributed by atoms with Gasteiger partial charge in [-0.3, -0.25) is 4.79 Å². The Kier molecular flexibility index (Phi) is 5.53. The van der Waals surface area contributed by atoms with Crippen LogP contribution >= 0.6 is 23.2 Å². The highest BCUT2D eigenvalue weighted by atomic mass is 35.5. The molecule has 0 aliphatic carbocycles. The Bertz CT molecular complexity index is 513. The molecule has 2 rings (SSSR count). The number of benzene rings is 1. The van der Waals surface area contributed by atoms with Crippen LogP contribution in [0.5, 0.6) is 0 Å². The molecule has 0 saturated carbocycles. The second-order valence-corrected chi connectivity index (χ2v) is 6.62. The minimum absolute atomic E-state index is 0.220. The highest BCUT2D eigenvalue weighted by molar-refractivity contribution is 6.35. The summed E-state index contributed by atoms with van der Waals surface area (Å²) in [5.41, 5.74) is 0.705. The van der Waals surface area contributed by atoms with Gasteiger partial charge in [0.15, 0.2) is 0 Å². The fourth-order valence-electron chi connectivity index (χ4n) is 3.01. The summed E-state index contributed by atoms with van der Waals surface area (Å²) in [4.78, 5) is 14.7. The molecule has 0 unspecified atom stereocenters. The lowest BCUT2D eigenvalue weighted by atomic mass is 9.75. The summed E-state index contributed by atoms with van der Waals surface area (Å²) < 4.78 is 0. The predicted molar refractivity (Wildman–Crippen MR) is 87.8 cm³/mol. The number of rotatable bonds is 4. The summed E-state index contributed by atoms with van der Waals surface area (Å²) in [5.74, 6) is 0.220. The molecule has 1 heterocycles. The van der Waals surface area contributed by atoms with E-state index in [0.29, 0.717) is 16.6 Å². The molecule has 0 bridgehead atoms. The Labute approximate surface area is 136 Å². The topological polar surface area (TPSA) is 32.3 Å². The van der Waals surface area contributed by atoms with E-state index >= 15 is 0 Å². The van der Waals surface area contributed by atoms with Crippen LogP contribution in [0.25, 0.3) is 0 Å². The number of nitrogens with zero attached hydrogens (tertiary/aromatic N) is 1. The quantitative estimate of drug-likeness (QED) is 0.913. The monoisotopic (exact) mass is 328 g/mol. The Morgan fingerprint density at radius 1 is 1.33 bits per heavy atom. The Balaban J connectivity index is 2.11. The molecule has 1 aliphatic rings. The molecule has 0 atom stereocenters. The molecule has 116 valence electrons. The molecule has 1 aromatic carbocycles. The van der Waals surface area contributed by atoms with E-state index in [2.05, 4.69) is 12.2 Å². The maximum Gasteiger partial charge on any atom is 0.228 e. The summed E-state index contributed by atoms with van der Waals surface area (Å²) in [6.45, 7) is 4.45. The predicted octanol–water partition coefficient (Wildman–Crippen LogP) is 3.73. The summed E-state index contributed by atoms with van der Waals surface area (Å²) in [5, 5.41) is 4.55. The van der Waals surface area contributed by atoms with Gasteiger partial charge >= 0.3 is 0 Å². The zero-order chi connectivity index (χ0) is 15.5. The number of hydrogen-bond donors (Lipinski definition) is 1. The van der Waals surface area contributed by atoms with Crippen molar-refractivity contribution in [1.29, 1.82) is 0 Å². The maximum atomic E-state index is 12.9. The number of nitrogens with one attached hydrogen (secondary N) is 1. The van der Waals surface area contributed by atoms with Crippen LogP contribution in [0.15, 0.2) is 18.2 Å². The molecule has 1 saturated heterocycles. The molecule has 1 N–H and O–H groups in total. The second kappa shape index (κ2) is 6.99. The Morgan fingerprint density at radius 2 is 2.00 bits per heavy atom. The van der Waals surface area contributed by atoms with Crippen LogP contribution in [-0.2, 0) is 11.3 Å². The van der Waals surface area contributed by atoms with Gasteiger partial charge in [0, 0.05) is 23.6 Å². The van der Waals surface area contributed by atoms with Gasteiger partial charge in [-0.25, -0.2) is 0 Å². The molecule has 0 radical (unpaired) electrons. The number of carbonyl (C=O) groups excluding carboxylic acids is 1. The Morgan fingerprint density at radius 3 is 2.57 bits per heavy atom. The summed E-state index contributed by atoms with van der Waals surface area (Å²) >= 11 is 12.1. The first-order valence-electron chi connectivity index (χ1n) is 7.39. The van der Waals surface area contributed by atoms with Crippen molar-refractivity contribution < 1.29 is 4.79 Å². The smallest absolute Gasteiger partial charge is 0.228 e. The molecule has 1 amide bonds. The van der Waals surface area contributed by atoms with Gasteiger partial charge in [0.1, 0.15) is 0 Å². The summed E-state index contributed by atoms with van der Waals surface area (Å²) in [7, 11) is 1.85. The van der Waals surface area contributed by atoms with E-state index in [1.165, 1.54) is 0 Å². The third-order valence-electron chi connectivity index (χ3n) is 4.46. The zero-order valence-electron chi connectivity index (χ0n) is 12.6. The van der Waals surface area contributed by atoms with Crippen LogP contribution in [-0.4, -0.2) is 30.9 Å². The van der Waals surface area contributed by atoms with Gasteiger partial charge in [0.2, 0.25) is 5.91 Å². The van der Waals surface area contributed by atoms with Crippen LogP contribution in [0.1, 0.15) is 31.7 Å². The van der Waals surface area contributed by atoms with Gasteiger partial charge in [-0.2, -0.15) is 0 Å². The lowest BCUT2D eigenvalue weighted by Gasteiger charge is -2.38. The van der Waals surface area contributed by atoms with Gasteiger partial charge in [-0.15, -0.1) is 0 Å². The van der Waals surface area contributed by atoms with Crippen molar-refractivity contribution in [3.05, 3.63) is 33.8 Å². The normalized spacial score (nSPS) is 17.5. The number of hydrogen-bond acceptors (Lipinski definition) is 2. The highest BCUT2D eigenvalue weighted by Gasteiger charge is 2.39. The molecule has 5 heteroatoms. The average molecular weight is 329 g/mol. The first kappa shape index (κ1) is 16.6. The van der Waals surface area contributed by atoms with E-state index in [0.717, 1.165) is 37.9 Å². The van der Waals surface area contributed by atoms with Gasteiger partial charge < -0.3 is 10.2 Å². The van der Waals surface area contributed by atoms with Gasteiger partial charge in [0.05, 0.1) is 5.41 Å². The number of carbonyl (C=O) groups is 1. The number of piperidine rings is 1. The third-order valence-corrected chi connectivity index (χ3v) is 5.05. The van der Waals surface area contributed by atoms with E-state index in [9.17, 15) is 4.79 Å². The zero-order valence-corrected chi connectivity index (χ0v) is 14.1. The number of amides is 1. The summed E-state index contributed by atoms with van der Waals surface area (Å²) in [6.07, 6.45) is 2.69. The fraction of sp³-hybridized carbons (Fsp3) is 0.562. The van der Waals surface area contributed by atoms with E-state index < -0.39 is 0 Å². The van der Waals surface area contributed by atoms with Gasteiger partial charge in [0.25, 0.3) is 0 Å². The van der Waals surface area contributed by atoms with Crippen LogP contribution in [0.4, 0.5) is 0 Å². The van der Waals surface area contributed by atoms with Crippen molar-refractivity contribution >= 4 is 29.1 Å². The van der Waals surface area contributed by atoms with Gasteiger partial charge in [-0.05, 0) is 50.0 Å². The van der Waals surface area contributed by atoms with E-state index in [1.54, 1.807) is 17.0 Å². The fourth-order valence-corrected chi connectivity index (χ4v) is 3.47. The standard InChI is InChI=1S/C16H22Cl2N2O/c1-3-16(6-8-19-9-7-16)15(21)20(2)11-12-4-5-13(17)10-14(12)18/h4-5,10,19H,3,6-9,11H2,1-2H3. The largest absolute Gasteiger partial charge is 0.341 e. The van der Waals surface area contributed by atoms with Crippen LogP contribution in [0.2, 0.25) is 10.0 Å². The lowest BCUT2D eigenvalue weighted by molar-refractivity contribution is -0.143. The van der Waals surface area contributed by atoms with Crippen molar-refractivity contribution in [2.75, 3.05) is 20.1 Å². The SMILES string of the molecule is CCC1(C(=O)N(C)Cc2ccc(Cl)cc2Cl)CCNCC1. The minimum atomic E-state index is -0.223. The Hall–Kier alpha value is -0.770. The van der Waals surface area contributed by atoms with E-state index in [-0.39, 0.29) is 11.3 Å². The molecule has 0 aromatic heterocycles. The summed E-state index contributed by atoms with van der Waals surface area (Å²) in [6, 6.07) is 5.41. The molecule has 21 heavy (non-hydrogen) atoms. The molecular formula is C16H22Cl2N2O. The first-order valence-corrected chi connectivity index (χ1v) is 8.14. The highest BCUT2D eigenvalue weighted by Crippen LogP contribution is 2.35. The molecule has 3 nitrogen and oxygen atoms in total. The maximum absolute atomic E-state index is 12.9. The van der Waals surface area contributed by atoms with Crippen molar-refractivity contribution in [3.63, 3.8) is 0 Å². The van der Waals surface area contributed by atoms with Crippen LogP contribution in [0.3, 0.4) is 0 Å². The molecule has 1 aromatic rings. The molecule has 0 spiro atoms. The number of halogens is 2. The molecule has 1 aliphatic heterocycles. The average Bonchev–Trinajstić information content (AvgIpc) is 2.50. The lowest BCUT2D eigenvalue weighted by Crippen LogP contribution is -2.47. The van der Waals surface area contributed by atoms with Crippen molar-refractivity contribution in [2.45, 2.75) is 32.7 Å². The third kappa shape index (κ3) is 3.71. The molecule has 1 fully saturated rings. The van der Waals surface area contributed by atoms with Crippen LogP contribution < -0.4 is 5.32 Å². The van der Waals surface area contributed by atoms with Gasteiger partial charge in [-0.1, -0.05) is 36.2 Å². The first-order chi connectivity index (χ1) is 9.98. The minimum Gasteiger partial charge on any atom is -0.341 e. The second-order valence-electron chi connectivity index (χ2n) is 5.78. The van der Waals surface area contributed by atoms with Crippen LogP contribution in [0, 0.1) is 5.41 Å². The van der Waals surface area contributed by atoms with Crippen molar-refractivity contribution in [1.82, 2.24) is 10.2 Å². The molecular weight excluding hydrogens is 307 g/mol.